The summed E-state index contributed by atoms with van der Waals surface area (Å²) in [6.07, 6.45) is 3.12. The molecule has 0 saturated carbocycles. The van der Waals surface area contributed by atoms with Gasteiger partial charge in [-0.25, -0.2) is 0 Å². The summed E-state index contributed by atoms with van der Waals surface area (Å²) in [6, 6.07) is 8.05. The van der Waals surface area contributed by atoms with Crippen molar-refractivity contribution in [3.05, 3.63) is 29.8 Å². The molecule has 0 fully saturated rings. The molecule has 2 N–H and O–H groups in total. The van der Waals surface area contributed by atoms with E-state index in [0.717, 1.165) is 31.6 Å². The van der Waals surface area contributed by atoms with Crippen LogP contribution < -0.4 is 10.1 Å². The number of ether oxygens (including phenoxy) is 1. The first-order chi connectivity index (χ1) is 9.51. The summed E-state index contributed by atoms with van der Waals surface area (Å²) in [7, 11) is -1.69. The summed E-state index contributed by atoms with van der Waals surface area (Å²) in [5, 5.41) is 3.15. The zero-order valence-electron chi connectivity index (χ0n) is 11.5. The second-order valence-corrected chi connectivity index (χ2v) is 7.78. The monoisotopic (exact) mass is 319 g/mol. The van der Waals surface area contributed by atoms with Gasteiger partial charge in [0.05, 0.1) is 7.11 Å². The summed E-state index contributed by atoms with van der Waals surface area (Å²) in [4.78, 5) is 0. The van der Waals surface area contributed by atoms with Crippen LogP contribution in [0.15, 0.2) is 24.3 Å². The molecule has 1 rings (SSSR count). The predicted octanol–water partition coefficient (Wildman–Crippen LogP) is 2.14. The van der Waals surface area contributed by atoms with Crippen LogP contribution in [0.5, 0.6) is 5.75 Å². The molecule has 20 heavy (non-hydrogen) atoms. The molecule has 0 amide bonds. The first-order valence-corrected chi connectivity index (χ1v) is 9.41. The van der Waals surface area contributed by atoms with E-state index in [1.54, 1.807) is 7.11 Å². The van der Waals surface area contributed by atoms with Crippen molar-refractivity contribution in [2.75, 3.05) is 26.0 Å². The van der Waals surface area contributed by atoms with Crippen molar-refractivity contribution < 1.29 is 17.7 Å². The van der Waals surface area contributed by atoms with Crippen LogP contribution in [0.4, 0.5) is 0 Å². The van der Waals surface area contributed by atoms with E-state index >= 15 is 0 Å². The van der Waals surface area contributed by atoms with Gasteiger partial charge in [-0.05, 0) is 54.3 Å². The maximum Gasteiger partial charge on any atom is 0.319 e. The van der Waals surface area contributed by atoms with Crippen molar-refractivity contribution in [2.24, 2.45) is 0 Å². The van der Waals surface area contributed by atoms with Crippen molar-refractivity contribution in [3.63, 3.8) is 0 Å². The average molecular weight is 319 g/mol. The van der Waals surface area contributed by atoms with Crippen molar-refractivity contribution >= 4 is 19.9 Å². The van der Waals surface area contributed by atoms with E-state index in [1.165, 1.54) is 5.56 Å². The molecule has 114 valence electrons. The minimum atomic E-state index is -3.90. The number of nitrogens with one attached hydrogen (secondary N) is 1. The summed E-state index contributed by atoms with van der Waals surface area (Å²) < 4.78 is 34.5. The molecule has 0 aliphatic heterocycles. The molecular formula is C13H21NO4S2. The fourth-order valence-electron chi connectivity index (χ4n) is 1.72. The quantitative estimate of drug-likeness (QED) is 0.391. The highest BCUT2D eigenvalue weighted by atomic mass is 33.1. The van der Waals surface area contributed by atoms with Gasteiger partial charge in [0.2, 0.25) is 0 Å². The molecule has 1 aromatic carbocycles. The van der Waals surface area contributed by atoms with Crippen LogP contribution in [0.1, 0.15) is 18.4 Å². The number of benzene rings is 1. The molecule has 0 saturated heterocycles. The van der Waals surface area contributed by atoms with Crippen LogP contribution in [0.3, 0.4) is 0 Å². The van der Waals surface area contributed by atoms with Crippen LogP contribution in [0.2, 0.25) is 0 Å². The Hall–Kier alpha value is -0.760. The highest BCUT2D eigenvalue weighted by Crippen LogP contribution is 2.13. The van der Waals surface area contributed by atoms with E-state index in [9.17, 15) is 8.42 Å². The molecule has 0 bridgehead atoms. The Balaban J connectivity index is 2.01. The minimum Gasteiger partial charge on any atom is -0.497 e. The Morgan fingerprint density at radius 1 is 1.20 bits per heavy atom. The van der Waals surface area contributed by atoms with Crippen LogP contribution in [0.25, 0.3) is 0 Å². The Bertz CT molecular complexity index is 474. The van der Waals surface area contributed by atoms with E-state index in [-0.39, 0.29) is 0 Å². The van der Waals surface area contributed by atoms with Gasteiger partial charge in [0, 0.05) is 12.3 Å². The molecule has 0 atom stereocenters. The Kier molecular flexibility index (Phi) is 7.98. The first-order valence-electron chi connectivity index (χ1n) is 6.47. The van der Waals surface area contributed by atoms with Gasteiger partial charge in [0.25, 0.3) is 0 Å². The molecule has 0 unspecified atom stereocenters. The van der Waals surface area contributed by atoms with Crippen LogP contribution in [-0.4, -0.2) is 38.9 Å². The molecule has 0 spiro atoms. The third-order valence-corrected chi connectivity index (χ3v) is 4.80. The SMILES string of the molecule is COc1ccc(CCCCNCCSS(=O)(=O)O)cc1. The fourth-order valence-corrected chi connectivity index (χ4v) is 3.04. The lowest BCUT2D eigenvalue weighted by Crippen LogP contribution is -2.19. The van der Waals surface area contributed by atoms with Gasteiger partial charge in [0.15, 0.2) is 0 Å². The molecule has 0 aromatic heterocycles. The molecular weight excluding hydrogens is 298 g/mol. The van der Waals surface area contributed by atoms with Crippen molar-refractivity contribution in [1.29, 1.82) is 0 Å². The van der Waals surface area contributed by atoms with E-state index in [0.29, 0.717) is 23.1 Å². The van der Waals surface area contributed by atoms with Crippen LogP contribution >= 0.6 is 10.8 Å². The van der Waals surface area contributed by atoms with Crippen molar-refractivity contribution in [2.45, 2.75) is 19.3 Å². The molecule has 0 aliphatic rings. The molecule has 0 aliphatic carbocycles. The van der Waals surface area contributed by atoms with Gasteiger partial charge in [-0.3, -0.25) is 4.55 Å². The topological polar surface area (TPSA) is 75.6 Å². The lowest BCUT2D eigenvalue weighted by molar-refractivity contribution is 0.414. The molecule has 0 radical (unpaired) electrons. The molecule has 5 nitrogen and oxygen atoms in total. The van der Waals surface area contributed by atoms with Gasteiger partial charge < -0.3 is 10.1 Å². The second kappa shape index (κ2) is 9.23. The lowest BCUT2D eigenvalue weighted by atomic mass is 10.1. The fraction of sp³-hybridized carbons (Fsp3) is 0.538. The highest BCUT2D eigenvalue weighted by molar-refractivity contribution is 8.69. The van der Waals surface area contributed by atoms with Crippen molar-refractivity contribution in [1.82, 2.24) is 5.32 Å². The van der Waals surface area contributed by atoms with Crippen LogP contribution in [0, 0.1) is 0 Å². The van der Waals surface area contributed by atoms with E-state index in [1.807, 2.05) is 12.1 Å². The number of hydrogen-bond acceptors (Lipinski definition) is 5. The van der Waals surface area contributed by atoms with E-state index in [2.05, 4.69) is 17.4 Å². The van der Waals surface area contributed by atoms with Crippen LogP contribution in [-0.2, 0) is 15.6 Å². The number of rotatable bonds is 10. The molecule has 7 heteroatoms. The van der Waals surface area contributed by atoms with E-state index in [4.69, 9.17) is 9.29 Å². The summed E-state index contributed by atoms with van der Waals surface area (Å²) >= 11 is 0. The normalized spacial score (nSPS) is 11.5. The Labute approximate surface area is 124 Å². The van der Waals surface area contributed by atoms with Gasteiger partial charge in [-0.15, -0.1) is 0 Å². The third kappa shape index (κ3) is 8.42. The lowest BCUT2D eigenvalue weighted by Gasteiger charge is -2.05. The Morgan fingerprint density at radius 2 is 1.90 bits per heavy atom. The van der Waals surface area contributed by atoms with Gasteiger partial charge >= 0.3 is 9.15 Å². The zero-order chi connectivity index (χ0) is 14.8. The largest absolute Gasteiger partial charge is 0.497 e. The van der Waals surface area contributed by atoms with Gasteiger partial charge in [-0.2, -0.15) is 8.42 Å². The average Bonchev–Trinajstić information content (AvgIpc) is 2.41. The zero-order valence-corrected chi connectivity index (χ0v) is 13.2. The molecule has 1 aromatic rings. The van der Waals surface area contributed by atoms with E-state index < -0.39 is 9.15 Å². The Morgan fingerprint density at radius 3 is 2.50 bits per heavy atom. The number of methoxy groups -OCH3 is 1. The van der Waals surface area contributed by atoms with Crippen molar-refractivity contribution in [3.8, 4) is 5.75 Å². The maximum atomic E-state index is 10.5. The van der Waals surface area contributed by atoms with Gasteiger partial charge in [-0.1, -0.05) is 12.1 Å². The summed E-state index contributed by atoms with van der Waals surface area (Å²) in [5.74, 6) is 1.23. The third-order valence-electron chi connectivity index (χ3n) is 2.74. The summed E-state index contributed by atoms with van der Waals surface area (Å²) in [5.41, 5.74) is 1.28. The second-order valence-electron chi connectivity index (χ2n) is 4.30. The molecule has 0 heterocycles. The highest BCUT2D eigenvalue weighted by Gasteiger charge is 2.03. The first kappa shape index (κ1) is 17.3. The number of unbranched alkanes of at least 4 members (excludes halogenated alkanes) is 1. The minimum absolute atomic E-state index is 0.358. The standard InChI is InChI=1S/C13H21NO4S2/c1-18-13-7-5-12(6-8-13)4-2-3-9-14-10-11-19-20(15,16)17/h5-8,14H,2-4,9-11H2,1H3,(H,15,16,17). The summed E-state index contributed by atoms with van der Waals surface area (Å²) in [6.45, 7) is 1.43. The number of aryl methyl sites for hydroxylation is 1. The maximum absolute atomic E-state index is 10.5. The predicted molar refractivity (Wildman–Crippen MR) is 82.8 cm³/mol. The van der Waals surface area contributed by atoms with Gasteiger partial charge in [0.1, 0.15) is 5.75 Å². The number of hydrogen-bond donors (Lipinski definition) is 2. The smallest absolute Gasteiger partial charge is 0.319 e.